The SMILES string of the molecule is CCCn1nnnc1C[NH+]1CCN(S(=O)(=O)c2ccc([C@@H](C)CC)cc2)CC1. The van der Waals surface area contributed by atoms with Crippen molar-refractivity contribution in [3.63, 3.8) is 0 Å². The van der Waals surface area contributed by atoms with Gasteiger partial charge in [0.15, 0.2) is 0 Å². The largest absolute Gasteiger partial charge is 0.326 e. The van der Waals surface area contributed by atoms with Crippen molar-refractivity contribution < 1.29 is 13.3 Å². The molecule has 1 aromatic carbocycles. The van der Waals surface area contributed by atoms with Crippen molar-refractivity contribution in [3.05, 3.63) is 35.7 Å². The lowest BCUT2D eigenvalue weighted by molar-refractivity contribution is -0.918. The Hall–Kier alpha value is -1.84. The quantitative estimate of drug-likeness (QED) is 0.696. The van der Waals surface area contributed by atoms with Gasteiger partial charge in [-0.3, -0.25) is 0 Å². The number of hydrogen-bond acceptors (Lipinski definition) is 5. The third-order valence-electron chi connectivity index (χ3n) is 5.58. The molecule has 0 aliphatic carbocycles. The zero-order valence-electron chi connectivity index (χ0n) is 17.0. The van der Waals surface area contributed by atoms with Crippen LogP contribution in [0.2, 0.25) is 0 Å². The van der Waals surface area contributed by atoms with E-state index in [-0.39, 0.29) is 0 Å². The Balaban J connectivity index is 1.61. The van der Waals surface area contributed by atoms with Crippen LogP contribution in [0.5, 0.6) is 0 Å². The maximum Gasteiger partial charge on any atom is 0.243 e. The van der Waals surface area contributed by atoms with E-state index < -0.39 is 10.0 Å². The van der Waals surface area contributed by atoms with Crippen LogP contribution in [0, 0.1) is 0 Å². The fourth-order valence-electron chi connectivity index (χ4n) is 3.53. The van der Waals surface area contributed by atoms with Crippen LogP contribution in [0.4, 0.5) is 0 Å². The van der Waals surface area contributed by atoms with Crippen molar-refractivity contribution in [2.75, 3.05) is 26.2 Å². The summed E-state index contributed by atoms with van der Waals surface area (Å²) in [6.45, 7) is 10.5. The molecule has 28 heavy (non-hydrogen) atoms. The second-order valence-corrected chi connectivity index (χ2v) is 9.47. The maximum absolute atomic E-state index is 13.0. The molecule has 1 aliphatic rings. The van der Waals surface area contributed by atoms with Crippen LogP contribution in [-0.4, -0.2) is 59.1 Å². The second kappa shape index (κ2) is 9.11. The number of aryl methyl sites for hydroxylation is 1. The van der Waals surface area contributed by atoms with Crippen molar-refractivity contribution in [3.8, 4) is 0 Å². The van der Waals surface area contributed by atoms with Crippen LogP contribution in [0.25, 0.3) is 0 Å². The molecule has 0 spiro atoms. The Kier molecular flexibility index (Phi) is 6.79. The van der Waals surface area contributed by atoms with Gasteiger partial charge in [-0.05, 0) is 46.9 Å². The third-order valence-corrected chi connectivity index (χ3v) is 7.49. The Labute approximate surface area is 167 Å². The highest BCUT2D eigenvalue weighted by Gasteiger charge is 2.31. The van der Waals surface area contributed by atoms with Gasteiger partial charge in [-0.2, -0.15) is 4.31 Å². The molecule has 1 N–H and O–H groups in total. The predicted octanol–water partition coefficient (Wildman–Crippen LogP) is 0.686. The van der Waals surface area contributed by atoms with Crippen LogP contribution in [0.1, 0.15) is 50.9 Å². The Morgan fingerprint density at radius 1 is 1.14 bits per heavy atom. The molecule has 0 saturated carbocycles. The molecular formula is C19H31N6O2S+. The van der Waals surface area contributed by atoms with Gasteiger partial charge in [-0.1, -0.05) is 32.9 Å². The van der Waals surface area contributed by atoms with E-state index in [9.17, 15) is 8.42 Å². The van der Waals surface area contributed by atoms with E-state index in [0.717, 1.165) is 44.8 Å². The van der Waals surface area contributed by atoms with Gasteiger partial charge < -0.3 is 4.90 Å². The topological polar surface area (TPSA) is 85.4 Å². The number of benzene rings is 1. The molecule has 3 rings (SSSR count). The highest BCUT2D eigenvalue weighted by atomic mass is 32.2. The predicted molar refractivity (Wildman–Crippen MR) is 106 cm³/mol. The van der Waals surface area contributed by atoms with Gasteiger partial charge in [0, 0.05) is 6.54 Å². The fourth-order valence-corrected chi connectivity index (χ4v) is 4.97. The van der Waals surface area contributed by atoms with Gasteiger partial charge in [-0.25, -0.2) is 13.1 Å². The summed E-state index contributed by atoms with van der Waals surface area (Å²) in [4.78, 5) is 1.70. The smallest absolute Gasteiger partial charge is 0.243 e. The standard InChI is InChI=1S/C19H30N6O2S/c1-4-10-25-19(20-21-22-25)15-23-11-13-24(14-12-23)28(26,27)18-8-6-17(7-9-18)16(3)5-2/h6-9,16H,4-5,10-15H2,1-3H3/p+1/t16-/m0/s1. The van der Waals surface area contributed by atoms with E-state index in [1.54, 1.807) is 16.4 Å². The number of nitrogens with one attached hydrogen (secondary N) is 1. The lowest BCUT2D eigenvalue weighted by Crippen LogP contribution is -3.13. The molecule has 0 bridgehead atoms. The van der Waals surface area contributed by atoms with Crippen molar-refractivity contribution in [2.45, 2.75) is 57.5 Å². The molecule has 0 unspecified atom stereocenters. The van der Waals surface area contributed by atoms with E-state index in [0.29, 0.717) is 23.9 Å². The third kappa shape index (κ3) is 4.59. The average molecular weight is 408 g/mol. The van der Waals surface area contributed by atoms with E-state index in [1.807, 2.05) is 16.8 Å². The molecule has 1 aromatic heterocycles. The molecule has 2 heterocycles. The number of quaternary nitrogens is 1. The summed E-state index contributed by atoms with van der Waals surface area (Å²) in [5.74, 6) is 1.31. The Morgan fingerprint density at radius 2 is 1.82 bits per heavy atom. The lowest BCUT2D eigenvalue weighted by Gasteiger charge is -2.31. The summed E-state index contributed by atoms with van der Waals surface area (Å²) < 4.78 is 29.4. The first-order valence-electron chi connectivity index (χ1n) is 10.1. The molecule has 0 radical (unpaired) electrons. The molecule has 154 valence electrons. The minimum absolute atomic E-state index is 0.384. The summed E-state index contributed by atoms with van der Waals surface area (Å²) in [7, 11) is -3.44. The Bertz CT molecular complexity index is 857. The fraction of sp³-hybridized carbons (Fsp3) is 0.632. The molecular weight excluding hydrogens is 376 g/mol. The molecule has 1 aliphatic heterocycles. The second-order valence-electron chi connectivity index (χ2n) is 7.53. The number of aromatic nitrogens is 4. The minimum atomic E-state index is -3.44. The summed E-state index contributed by atoms with van der Waals surface area (Å²) in [6.07, 6.45) is 2.02. The van der Waals surface area contributed by atoms with Crippen molar-refractivity contribution >= 4 is 10.0 Å². The molecule has 2 aromatic rings. The molecule has 8 nitrogen and oxygen atoms in total. The van der Waals surface area contributed by atoms with Gasteiger partial charge in [0.25, 0.3) is 0 Å². The summed E-state index contributed by atoms with van der Waals surface area (Å²) in [5, 5.41) is 11.9. The highest BCUT2D eigenvalue weighted by Crippen LogP contribution is 2.22. The Morgan fingerprint density at radius 3 is 2.43 bits per heavy atom. The minimum Gasteiger partial charge on any atom is -0.326 e. The first kappa shape index (κ1) is 20.9. The van der Waals surface area contributed by atoms with Gasteiger partial charge >= 0.3 is 0 Å². The van der Waals surface area contributed by atoms with Crippen LogP contribution in [0.15, 0.2) is 29.2 Å². The van der Waals surface area contributed by atoms with E-state index in [1.165, 1.54) is 10.5 Å². The summed E-state index contributed by atoms with van der Waals surface area (Å²) >= 11 is 0. The van der Waals surface area contributed by atoms with Crippen LogP contribution < -0.4 is 4.90 Å². The van der Waals surface area contributed by atoms with Crippen molar-refractivity contribution in [1.29, 1.82) is 0 Å². The summed E-state index contributed by atoms with van der Waals surface area (Å²) in [6, 6.07) is 7.37. The van der Waals surface area contributed by atoms with E-state index >= 15 is 0 Å². The normalized spacial score (nSPS) is 17.7. The van der Waals surface area contributed by atoms with Crippen molar-refractivity contribution in [1.82, 2.24) is 24.5 Å². The molecule has 0 amide bonds. The first-order valence-corrected chi connectivity index (χ1v) is 11.6. The molecule has 1 saturated heterocycles. The van der Waals surface area contributed by atoms with Crippen molar-refractivity contribution in [2.24, 2.45) is 0 Å². The number of rotatable bonds is 8. The molecule has 1 fully saturated rings. The summed E-state index contributed by atoms with van der Waals surface area (Å²) in [5.41, 5.74) is 1.18. The first-order chi connectivity index (χ1) is 13.5. The van der Waals surface area contributed by atoms with E-state index in [2.05, 4.69) is 36.3 Å². The van der Waals surface area contributed by atoms with Gasteiger partial charge in [-0.15, -0.1) is 5.10 Å². The van der Waals surface area contributed by atoms with E-state index in [4.69, 9.17) is 0 Å². The van der Waals surface area contributed by atoms with Gasteiger partial charge in [0.1, 0.15) is 6.54 Å². The monoisotopic (exact) mass is 407 g/mol. The number of nitrogens with zero attached hydrogens (tertiary/aromatic N) is 5. The highest BCUT2D eigenvalue weighted by molar-refractivity contribution is 7.89. The van der Waals surface area contributed by atoms with Crippen LogP contribution in [0.3, 0.4) is 0 Å². The van der Waals surface area contributed by atoms with Gasteiger partial charge in [0.2, 0.25) is 15.8 Å². The molecule has 1 atom stereocenters. The van der Waals surface area contributed by atoms with Crippen LogP contribution >= 0.6 is 0 Å². The number of sulfonamides is 1. The van der Waals surface area contributed by atoms with Gasteiger partial charge in [0.05, 0.1) is 31.1 Å². The lowest BCUT2D eigenvalue weighted by atomic mass is 9.99. The van der Waals surface area contributed by atoms with Crippen LogP contribution in [-0.2, 0) is 23.1 Å². The average Bonchev–Trinajstić information content (AvgIpc) is 3.15. The number of tetrazole rings is 1. The zero-order chi connectivity index (χ0) is 20.1. The number of hydrogen-bond donors (Lipinski definition) is 1. The maximum atomic E-state index is 13.0. The zero-order valence-corrected chi connectivity index (χ0v) is 17.8. The molecule has 9 heteroatoms. The number of piperazine rings is 1.